The smallest absolute Gasteiger partial charge is 0.263 e. The Labute approximate surface area is 170 Å². The maximum absolute atomic E-state index is 12.8. The molecule has 29 heavy (non-hydrogen) atoms. The topological polar surface area (TPSA) is 63.0 Å². The van der Waals surface area contributed by atoms with Gasteiger partial charge in [0.05, 0.1) is 5.69 Å². The van der Waals surface area contributed by atoms with E-state index in [1.807, 2.05) is 59.8 Å². The summed E-state index contributed by atoms with van der Waals surface area (Å²) in [4.78, 5) is 21.5. The van der Waals surface area contributed by atoms with Crippen molar-refractivity contribution in [2.45, 2.75) is 33.3 Å². The highest BCUT2D eigenvalue weighted by atomic mass is 16.5. The number of fused-ring (bicyclic) bond motifs is 1. The lowest BCUT2D eigenvalue weighted by molar-refractivity contribution is -0.138. The molecule has 0 saturated carbocycles. The van der Waals surface area contributed by atoms with Gasteiger partial charge in [-0.25, -0.2) is 9.50 Å². The molecule has 3 heterocycles. The van der Waals surface area contributed by atoms with Crippen LogP contribution in [-0.4, -0.2) is 57.7 Å². The summed E-state index contributed by atoms with van der Waals surface area (Å²) in [5, 5.41) is 4.45. The minimum atomic E-state index is -0.506. The van der Waals surface area contributed by atoms with E-state index >= 15 is 0 Å². The molecular formula is C22H27N5O2. The van der Waals surface area contributed by atoms with Crippen molar-refractivity contribution in [1.82, 2.24) is 19.5 Å². The largest absolute Gasteiger partial charge is 0.481 e. The van der Waals surface area contributed by atoms with Crippen molar-refractivity contribution in [2.24, 2.45) is 0 Å². The van der Waals surface area contributed by atoms with Gasteiger partial charge in [0.25, 0.3) is 5.91 Å². The summed E-state index contributed by atoms with van der Waals surface area (Å²) in [6.07, 6.45) is 4.11. The predicted octanol–water partition coefficient (Wildman–Crippen LogP) is 2.72. The van der Waals surface area contributed by atoms with E-state index in [-0.39, 0.29) is 5.91 Å². The maximum atomic E-state index is 12.8. The third-order valence-corrected chi connectivity index (χ3v) is 5.37. The summed E-state index contributed by atoms with van der Waals surface area (Å²) in [7, 11) is 0. The quantitative estimate of drug-likeness (QED) is 0.667. The van der Waals surface area contributed by atoms with Crippen molar-refractivity contribution in [3.05, 3.63) is 54.0 Å². The summed E-state index contributed by atoms with van der Waals surface area (Å²) < 4.78 is 7.73. The van der Waals surface area contributed by atoms with E-state index < -0.39 is 6.10 Å². The van der Waals surface area contributed by atoms with Gasteiger partial charge in [0.1, 0.15) is 11.3 Å². The van der Waals surface area contributed by atoms with E-state index in [0.29, 0.717) is 13.1 Å². The van der Waals surface area contributed by atoms with E-state index in [2.05, 4.69) is 21.9 Å². The van der Waals surface area contributed by atoms with Gasteiger partial charge in [-0.3, -0.25) is 4.79 Å². The molecule has 0 N–H and O–H groups in total. The fourth-order valence-corrected chi connectivity index (χ4v) is 3.73. The van der Waals surface area contributed by atoms with Crippen LogP contribution in [0.25, 0.3) is 5.52 Å². The average molecular weight is 393 g/mol. The molecule has 3 aromatic rings. The first-order valence-corrected chi connectivity index (χ1v) is 10.2. The van der Waals surface area contributed by atoms with Crippen LogP contribution in [0, 0.1) is 6.92 Å². The van der Waals surface area contributed by atoms with Crippen LogP contribution < -0.4 is 9.64 Å². The number of benzene rings is 1. The molecule has 0 aliphatic carbocycles. The van der Waals surface area contributed by atoms with E-state index in [9.17, 15) is 4.79 Å². The standard InChI is InChI=1S/C22H27N5O2/c1-4-18-5-7-19(8-6-18)29-17(3)22(28)26-13-11-25(12-14-26)21-20-15-16(2)24-27(20)10-9-23-21/h5-10,15,17H,4,11-14H2,1-3H3. The van der Waals surface area contributed by atoms with Crippen molar-refractivity contribution in [1.29, 1.82) is 0 Å². The number of carbonyl (C=O) groups is 1. The number of nitrogens with zero attached hydrogens (tertiary/aromatic N) is 5. The summed E-state index contributed by atoms with van der Waals surface area (Å²) in [6.45, 7) is 8.69. The molecular weight excluding hydrogens is 366 g/mol. The van der Waals surface area contributed by atoms with Crippen molar-refractivity contribution in [3.63, 3.8) is 0 Å². The summed E-state index contributed by atoms with van der Waals surface area (Å²) in [5.74, 6) is 1.67. The van der Waals surface area contributed by atoms with Gasteiger partial charge in [0, 0.05) is 38.6 Å². The highest BCUT2D eigenvalue weighted by Crippen LogP contribution is 2.21. The van der Waals surface area contributed by atoms with Crippen LogP contribution in [0.4, 0.5) is 5.82 Å². The fourth-order valence-electron chi connectivity index (χ4n) is 3.73. The first-order valence-electron chi connectivity index (χ1n) is 10.2. The molecule has 0 radical (unpaired) electrons. The lowest BCUT2D eigenvalue weighted by Crippen LogP contribution is -2.52. The second kappa shape index (κ2) is 8.11. The van der Waals surface area contributed by atoms with Gasteiger partial charge in [-0.1, -0.05) is 19.1 Å². The number of aryl methyl sites for hydroxylation is 2. The lowest BCUT2D eigenvalue weighted by Gasteiger charge is -2.36. The lowest BCUT2D eigenvalue weighted by atomic mass is 10.2. The Bertz CT molecular complexity index is 990. The van der Waals surface area contributed by atoms with Gasteiger partial charge in [-0.2, -0.15) is 5.10 Å². The van der Waals surface area contributed by atoms with E-state index in [1.54, 1.807) is 6.20 Å². The molecule has 7 nitrogen and oxygen atoms in total. The van der Waals surface area contributed by atoms with E-state index in [4.69, 9.17) is 4.74 Å². The number of hydrogen-bond acceptors (Lipinski definition) is 5. The van der Waals surface area contributed by atoms with Crippen molar-refractivity contribution in [2.75, 3.05) is 31.1 Å². The Morgan fingerprint density at radius 1 is 1.17 bits per heavy atom. The number of amides is 1. The van der Waals surface area contributed by atoms with E-state index in [1.165, 1.54) is 5.56 Å². The Kier molecular flexibility index (Phi) is 5.38. The summed E-state index contributed by atoms with van der Waals surface area (Å²) in [6, 6.07) is 9.98. The highest BCUT2D eigenvalue weighted by Gasteiger charge is 2.27. The Morgan fingerprint density at radius 3 is 2.59 bits per heavy atom. The number of anilines is 1. The van der Waals surface area contributed by atoms with Gasteiger partial charge in [-0.05, 0) is 44.0 Å². The normalized spacial score (nSPS) is 15.6. The molecule has 2 aromatic heterocycles. The van der Waals surface area contributed by atoms with Crippen LogP contribution in [0.15, 0.2) is 42.7 Å². The van der Waals surface area contributed by atoms with Crippen LogP contribution in [-0.2, 0) is 11.2 Å². The molecule has 1 fully saturated rings. The van der Waals surface area contributed by atoms with Crippen LogP contribution in [0.1, 0.15) is 25.1 Å². The third kappa shape index (κ3) is 4.04. The summed E-state index contributed by atoms with van der Waals surface area (Å²) in [5.41, 5.74) is 3.22. The SMILES string of the molecule is CCc1ccc(OC(C)C(=O)N2CCN(c3nccn4nc(C)cc34)CC2)cc1. The van der Waals surface area contributed by atoms with Gasteiger partial charge in [0.2, 0.25) is 0 Å². The minimum Gasteiger partial charge on any atom is -0.481 e. The van der Waals surface area contributed by atoms with Crippen molar-refractivity contribution < 1.29 is 9.53 Å². The molecule has 1 atom stereocenters. The van der Waals surface area contributed by atoms with Gasteiger partial charge >= 0.3 is 0 Å². The molecule has 1 aliphatic heterocycles. The van der Waals surface area contributed by atoms with Gasteiger partial charge < -0.3 is 14.5 Å². The van der Waals surface area contributed by atoms with Crippen molar-refractivity contribution in [3.8, 4) is 5.75 Å². The van der Waals surface area contributed by atoms with Crippen LogP contribution in [0.5, 0.6) is 5.75 Å². The molecule has 0 spiro atoms. The molecule has 1 saturated heterocycles. The van der Waals surface area contributed by atoms with Crippen LogP contribution >= 0.6 is 0 Å². The zero-order chi connectivity index (χ0) is 20.4. The molecule has 7 heteroatoms. The zero-order valence-corrected chi connectivity index (χ0v) is 17.2. The van der Waals surface area contributed by atoms with Gasteiger partial charge in [-0.15, -0.1) is 0 Å². The average Bonchev–Trinajstić information content (AvgIpc) is 3.14. The molecule has 0 bridgehead atoms. The second-order valence-electron chi connectivity index (χ2n) is 7.44. The first-order chi connectivity index (χ1) is 14.0. The molecule has 152 valence electrons. The number of rotatable bonds is 5. The number of hydrogen-bond donors (Lipinski definition) is 0. The molecule has 1 aromatic carbocycles. The minimum absolute atomic E-state index is 0.0237. The second-order valence-corrected chi connectivity index (χ2v) is 7.44. The number of piperazine rings is 1. The fraction of sp³-hybridized carbons (Fsp3) is 0.409. The van der Waals surface area contributed by atoms with E-state index in [0.717, 1.165) is 42.3 Å². The number of aromatic nitrogens is 3. The zero-order valence-electron chi connectivity index (χ0n) is 17.2. The molecule has 4 rings (SSSR count). The predicted molar refractivity (Wildman–Crippen MR) is 112 cm³/mol. The molecule has 1 unspecified atom stereocenters. The van der Waals surface area contributed by atoms with Gasteiger partial charge in [0.15, 0.2) is 11.9 Å². The van der Waals surface area contributed by atoms with Crippen LogP contribution in [0.3, 0.4) is 0 Å². The highest BCUT2D eigenvalue weighted by molar-refractivity contribution is 5.81. The first kappa shape index (κ1) is 19.2. The third-order valence-electron chi connectivity index (χ3n) is 5.37. The Balaban J connectivity index is 1.37. The number of ether oxygens (including phenoxy) is 1. The molecule has 1 amide bonds. The Hall–Kier alpha value is -3.09. The Morgan fingerprint density at radius 2 is 1.90 bits per heavy atom. The maximum Gasteiger partial charge on any atom is 0.263 e. The van der Waals surface area contributed by atoms with Crippen LogP contribution in [0.2, 0.25) is 0 Å². The summed E-state index contributed by atoms with van der Waals surface area (Å²) >= 11 is 0. The molecule has 1 aliphatic rings. The monoisotopic (exact) mass is 393 g/mol. The number of carbonyl (C=O) groups excluding carboxylic acids is 1. The van der Waals surface area contributed by atoms with Crippen molar-refractivity contribution >= 4 is 17.2 Å².